The average molecular weight is 389 g/mol. The van der Waals surface area contributed by atoms with Gasteiger partial charge < -0.3 is 9.47 Å². The molecule has 28 heavy (non-hydrogen) atoms. The third-order valence-electron chi connectivity index (χ3n) is 4.35. The van der Waals surface area contributed by atoms with Crippen LogP contribution in [-0.2, 0) is 20.7 Å². The number of esters is 2. The summed E-state index contributed by atoms with van der Waals surface area (Å²) in [5, 5.41) is 0. The first-order valence-corrected chi connectivity index (χ1v) is 10.4. The number of carbonyl (C=O) groups is 2. The molecule has 0 heterocycles. The molecule has 0 bridgehead atoms. The minimum atomic E-state index is -0.407. The number of benzene rings is 1. The predicted octanol–water partition coefficient (Wildman–Crippen LogP) is 5.89. The molecular weight excluding hydrogens is 352 g/mol. The van der Waals surface area contributed by atoms with Gasteiger partial charge >= 0.3 is 11.9 Å². The molecular formula is C24H36O4. The van der Waals surface area contributed by atoms with Gasteiger partial charge in [0.25, 0.3) is 0 Å². The summed E-state index contributed by atoms with van der Waals surface area (Å²) in [6, 6.07) is 7.59. The molecule has 4 heteroatoms. The molecule has 4 nitrogen and oxygen atoms in total. The number of hydrogen-bond acceptors (Lipinski definition) is 4. The van der Waals surface area contributed by atoms with E-state index >= 15 is 0 Å². The molecule has 1 aromatic carbocycles. The van der Waals surface area contributed by atoms with Gasteiger partial charge in [0.2, 0.25) is 0 Å². The number of ether oxygens (including phenoxy) is 2. The molecule has 0 aliphatic heterocycles. The van der Waals surface area contributed by atoms with Gasteiger partial charge in [-0.1, -0.05) is 43.5 Å². The van der Waals surface area contributed by atoms with E-state index in [0.717, 1.165) is 25.7 Å². The largest absolute Gasteiger partial charge is 0.465 e. The van der Waals surface area contributed by atoms with Gasteiger partial charge in [-0.25, -0.2) is 4.79 Å². The Labute approximate surface area is 170 Å². The van der Waals surface area contributed by atoms with Crippen LogP contribution in [0.3, 0.4) is 0 Å². The highest BCUT2D eigenvalue weighted by atomic mass is 16.5. The summed E-state index contributed by atoms with van der Waals surface area (Å²) in [7, 11) is 0. The smallest absolute Gasteiger partial charge is 0.338 e. The SMILES string of the molecule is CCOC(=O)c1ccc(C/C=C/CCCCCCCOC(=O)C(C)(C)C)cc1. The Morgan fingerprint density at radius 1 is 0.893 bits per heavy atom. The Kier molecular flexibility index (Phi) is 11.2. The first-order chi connectivity index (χ1) is 13.3. The molecule has 0 saturated carbocycles. The molecule has 0 aliphatic rings. The zero-order chi connectivity index (χ0) is 20.8. The highest BCUT2D eigenvalue weighted by molar-refractivity contribution is 5.89. The third kappa shape index (κ3) is 10.3. The molecule has 0 radical (unpaired) electrons. The fourth-order valence-corrected chi connectivity index (χ4v) is 2.60. The Hall–Kier alpha value is -2.10. The van der Waals surface area contributed by atoms with Crippen molar-refractivity contribution >= 4 is 11.9 Å². The minimum absolute atomic E-state index is 0.117. The second kappa shape index (κ2) is 13.1. The van der Waals surface area contributed by atoms with Crippen LogP contribution in [0.1, 0.15) is 82.1 Å². The van der Waals surface area contributed by atoms with Crippen molar-refractivity contribution in [3.8, 4) is 0 Å². The van der Waals surface area contributed by atoms with Crippen LogP contribution in [0.15, 0.2) is 36.4 Å². The van der Waals surface area contributed by atoms with E-state index in [4.69, 9.17) is 9.47 Å². The van der Waals surface area contributed by atoms with E-state index in [1.807, 2.05) is 52.0 Å². The van der Waals surface area contributed by atoms with Crippen LogP contribution in [-0.4, -0.2) is 25.2 Å². The van der Waals surface area contributed by atoms with Crippen molar-refractivity contribution in [2.75, 3.05) is 13.2 Å². The lowest BCUT2D eigenvalue weighted by Crippen LogP contribution is -2.23. The highest BCUT2D eigenvalue weighted by Gasteiger charge is 2.22. The second-order valence-corrected chi connectivity index (χ2v) is 8.04. The van der Waals surface area contributed by atoms with Gasteiger partial charge in [-0.3, -0.25) is 4.79 Å². The van der Waals surface area contributed by atoms with Crippen LogP contribution < -0.4 is 0 Å². The van der Waals surface area contributed by atoms with Crippen molar-refractivity contribution in [3.63, 3.8) is 0 Å². The topological polar surface area (TPSA) is 52.6 Å². The normalized spacial score (nSPS) is 11.6. The number of hydrogen-bond donors (Lipinski definition) is 0. The van der Waals surface area contributed by atoms with Crippen LogP contribution in [0.25, 0.3) is 0 Å². The van der Waals surface area contributed by atoms with Crippen molar-refractivity contribution in [3.05, 3.63) is 47.5 Å². The quantitative estimate of drug-likeness (QED) is 0.254. The summed E-state index contributed by atoms with van der Waals surface area (Å²) < 4.78 is 10.2. The molecule has 0 aromatic heterocycles. The van der Waals surface area contributed by atoms with Gasteiger partial charge in [0.05, 0.1) is 24.2 Å². The monoisotopic (exact) mass is 388 g/mol. The molecule has 0 N–H and O–H groups in total. The standard InChI is InChI=1S/C24H36O4/c1-5-27-22(25)21-17-15-20(16-18-21)14-12-10-8-6-7-9-11-13-19-28-23(26)24(2,3)4/h10,12,15-18H,5-9,11,13-14,19H2,1-4H3/b12-10+. The Balaban J connectivity index is 2.05. The van der Waals surface area contributed by atoms with Crippen molar-refractivity contribution in [1.29, 1.82) is 0 Å². The fraction of sp³-hybridized carbons (Fsp3) is 0.583. The van der Waals surface area contributed by atoms with Crippen molar-refractivity contribution in [2.24, 2.45) is 5.41 Å². The van der Waals surface area contributed by atoms with E-state index in [-0.39, 0.29) is 11.9 Å². The van der Waals surface area contributed by atoms with Crippen molar-refractivity contribution < 1.29 is 19.1 Å². The fourth-order valence-electron chi connectivity index (χ4n) is 2.60. The summed E-state index contributed by atoms with van der Waals surface area (Å²) >= 11 is 0. The maximum atomic E-state index is 11.6. The zero-order valence-corrected chi connectivity index (χ0v) is 18.0. The maximum Gasteiger partial charge on any atom is 0.338 e. The minimum Gasteiger partial charge on any atom is -0.465 e. The zero-order valence-electron chi connectivity index (χ0n) is 18.0. The van der Waals surface area contributed by atoms with E-state index in [1.165, 1.54) is 24.8 Å². The number of carbonyl (C=O) groups excluding carboxylic acids is 2. The van der Waals surface area contributed by atoms with Crippen LogP contribution in [0.5, 0.6) is 0 Å². The second-order valence-electron chi connectivity index (χ2n) is 8.04. The molecule has 0 amide bonds. The van der Waals surface area contributed by atoms with E-state index in [0.29, 0.717) is 18.8 Å². The third-order valence-corrected chi connectivity index (χ3v) is 4.35. The first-order valence-electron chi connectivity index (χ1n) is 10.4. The number of allylic oxidation sites excluding steroid dienone is 2. The Bertz CT molecular complexity index is 608. The summed E-state index contributed by atoms with van der Waals surface area (Å²) in [6.07, 6.45) is 12.0. The van der Waals surface area contributed by atoms with Gasteiger partial charge in [0.15, 0.2) is 0 Å². The molecule has 0 atom stereocenters. The van der Waals surface area contributed by atoms with E-state index in [9.17, 15) is 9.59 Å². The molecule has 1 aromatic rings. The van der Waals surface area contributed by atoms with Crippen LogP contribution >= 0.6 is 0 Å². The number of unbranched alkanes of at least 4 members (excludes halogenated alkanes) is 5. The van der Waals surface area contributed by atoms with Gasteiger partial charge in [0.1, 0.15) is 0 Å². The summed E-state index contributed by atoms with van der Waals surface area (Å²) in [5.41, 5.74) is 1.38. The lowest BCUT2D eigenvalue weighted by Gasteiger charge is -2.16. The molecule has 156 valence electrons. The Morgan fingerprint density at radius 3 is 2.18 bits per heavy atom. The lowest BCUT2D eigenvalue weighted by molar-refractivity contribution is -0.153. The molecule has 1 rings (SSSR count). The molecule has 0 unspecified atom stereocenters. The van der Waals surface area contributed by atoms with Crippen LogP contribution in [0, 0.1) is 5.41 Å². The van der Waals surface area contributed by atoms with Gasteiger partial charge in [-0.05, 0) is 71.1 Å². The van der Waals surface area contributed by atoms with Crippen LogP contribution in [0.2, 0.25) is 0 Å². The molecule has 0 fully saturated rings. The average Bonchev–Trinajstić information content (AvgIpc) is 2.65. The Morgan fingerprint density at radius 2 is 1.54 bits per heavy atom. The molecule has 0 spiro atoms. The van der Waals surface area contributed by atoms with Crippen molar-refractivity contribution in [2.45, 2.75) is 72.6 Å². The molecule has 0 aliphatic carbocycles. The number of rotatable bonds is 12. The maximum absolute atomic E-state index is 11.6. The van der Waals surface area contributed by atoms with Gasteiger partial charge in [-0.2, -0.15) is 0 Å². The predicted molar refractivity (Wildman–Crippen MR) is 113 cm³/mol. The van der Waals surface area contributed by atoms with E-state index in [1.54, 1.807) is 0 Å². The first kappa shape index (κ1) is 23.9. The van der Waals surface area contributed by atoms with Gasteiger partial charge in [-0.15, -0.1) is 0 Å². The summed E-state index contributed by atoms with van der Waals surface area (Å²) in [6.45, 7) is 8.37. The molecule has 0 saturated heterocycles. The lowest BCUT2D eigenvalue weighted by atomic mass is 9.97. The highest BCUT2D eigenvalue weighted by Crippen LogP contribution is 2.15. The van der Waals surface area contributed by atoms with E-state index < -0.39 is 5.41 Å². The van der Waals surface area contributed by atoms with Gasteiger partial charge in [0, 0.05) is 0 Å². The van der Waals surface area contributed by atoms with Crippen LogP contribution in [0.4, 0.5) is 0 Å². The summed E-state index contributed by atoms with van der Waals surface area (Å²) in [4.78, 5) is 23.2. The summed E-state index contributed by atoms with van der Waals surface area (Å²) in [5.74, 6) is -0.384. The van der Waals surface area contributed by atoms with E-state index in [2.05, 4.69) is 12.2 Å². The van der Waals surface area contributed by atoms with Crippen molar-refractivity contribution in [1.82, 2.24) is 0 Å².